The van der Waals surface area contributed by atoms with Gasteiger partial charge >= 0.3 is 0 Å². The van der Waals surface area contributed by atoms with E-state index in [2.05, 4.69) is 204 Å². The van der Waals surface area contributed by atoms with Crippen LogP contribution < -0.4 is 4.90 Å². The minimum Gasteiger partial charge on any atom is -0.310 e. The van der Waals surface area contributed by atoms with E-state index in [1.165, 1.54) is 60.4 Å². The Morgan fingerprint density at radius 3 is 1.84 bits per heavy atom. The van der Waals surface area contributed by atoms with E-state index in [1.54, 1.807) is 0 Å². The molecule has 0 aliphatic heterocycles. The van der Waals surface area contributed by atoms with Gasteiger partial charge in [0.1, 0.15) is 0 Å². The Morgan fingerprint density at radius 2 is 1.04 bits per heavy atom. The van der Waals surface area contributed by atoms with Gasteiger partial charge in [-0.2, -0.15) is 0 Å². The topological polar surface area (TPSA) is 8.17 Å². The molecule has 0 atom stereocenters. The zero-order chi connectivity index (χ0) is 33.2. The van der Waals surface area contributed by atoms with Gasteiger partial charge in [0.15, 0.2) is 0 Å². The minimum atomic E-state index is -0.291. The number of hydrogen-bond donors (Lipinski definition) is 0. The lowest BCUT2D eigenvalue weighted by Gasteiger charge is -2.31. The maximum atomic E-state index is 2.45. The quantitative estimate of drug-likeness (QED) is 0.182. The largest absolute Gasteiger partial charge is 0.310 e. The van der Waals surface area contributed by atoms with Crippen molar-refractivity contribution >= 4 is 49.6 Å². The molecule has 1 aromatic heterocycles. The molecule has 0 amide bonds. The monoisotopic (exact) mass is 638 g/mol. The van der Waals surface area contributed by atoms with Crippen LogP contribution in [0, 0.1) is 0 Å². The molecule has 0 spiro atoms. The molecule has 0 radical (unpaired) electrons. The molecule has 1 aliphatic carbocycles. The minimum absolute atomic E-state index is 0.291. The summed E-state index contributed by atoms with van der Waals surface area (Å²) in [7, 11) is 0. The molecule has 2 nitrogen and oxygen atoms in total. The number of anilines is 3. The molecule has 0 saturated carbocycles. The van der Waals surface area contributed by atoms with Crippen LogP contribution in [0.5, 0.6) is 0 Å². The van der Waals surface area contributed by atoms with Gasteiger partial charge in [-0.1, -0.05) is 133 Å². The zero-order valence-corrected chi connectivity index (χ0v) is 27.8. The Morgan fingerprint density at radius 1 is 0.440 bits per heavy atom. The lowest BCUT2D eigenvalue weighted by Crippen LogP contribution is -2.23. The fourth-order valence-electron chi connectivity index (χ4n) is 8.51. The summed E-state index contributed by atoms with van der Waals surface area (Å²) in [5.74, 6) is 0. The van der Waals surface area contributed by atoms with Crippen LogP contribution in [-0.2, 0) is 5.41 Å². The molecule has 9 aromatic rings. The summed E-state index contributed by atoms with van der Waals surface area (Å²) in [6, 6.07) is 68.8. The Hall–Kier alpha value is -6.38. The molecule has 0 saturated heterocycles. The molecule has 1 aliphatic rings. The summed E-state index contributed by atoms with van der Waals surface area (Å²) in [4.78, 5) is 2.45. The predicted octanol–water partition coefficient (Wildman–Crippen LogP) is 12.7. The average molecular weight is 639 g/mol. The molecule has 10 rings (SSSR count). The second kappa shape index (κ2) is 11.1. The summed E-state index contributed by atoms with van der Waals surface area (Å²) in [5.41, 5.74) is 13.3. The third kappa shape index (κ3) is 4.15. The first kappa shape index (κ1) is 28.6. The Labute approximate surface area is 292 Å². The first-order chi connectivity index (χ1) is 24.7. The Balaban J connectivity index is 1.22. The van der Waals surface area contributed by atoms with Crippen molar-refractivity contribution in [3.05, 3.63) is 205 Å². The van der Waals surface area contributed by atoms with Crippen molar-refractivity contribution in [2.75, 3.05) is 4.90 Å². The maximum Gasteiger partial charge on any atom is 0.0542 e. The highest BCUT2D eigenvalue weighted by Crippen LogP contribution is 2.53. The molecule has 1 heterocycles. The Kier molecular flexibility index (Phi) is 6.34. The molecule has 8 aromatic carbocycles. The van der Waals surface area contributed by atoms with Crippen molar-refractivity contribution in [1.82, 2.24) is 4.57 Å². The van der Waals surface area contributed by atoms with Gasteiger partial charge in [-0.25, -0.2) is 0 Å². The van der Waals surface area contributed by atoms with Crippen molar-refractivity contribution in [3.63, 3.8) is 0 Å². The molecule has 0 fully saturated rings. The lowest BCUT2D eigenvalue weighted by molar-refractivity contribution is 0.714. The van der Waals surface area contributed by atoms with Gasteiger partial charge < -0.3 is 9.47 Å². The van der Waals surface area contributed by atoms with Crippen LogP contribution >= 0.6 is 0 Å². The smallest absolute Gasteiger partial charge is 0.0542 e. The van der Waals surface area contributed by atoms with E-state index in [1.807, 2.05) is 0 Å². The SMILES string of the molecule is CC1(c2cccc(N(c3ccc4c(c3)c3ccccc3n4-c3ccccc3)c3cccc4ccccc34)c2)c2ccccc2-c2ccccc21. The second-order valence-corrected chi connectivity index (χ2v) is 13.5. The third-order valence-electron chi connectivity index (χ3n) is 10.8. The van der Waals surface area contributed by atoms with Gasteiger partial charge in [0.25, 0.3) is 0 Å². The summed E-state index contributed by atoms with van der Waals surface area (Å²) in [5, 5.41) is 4.91. The number of fused-ring (bicyclic) bond motifs is 7. The fraction of sp³-hybridized carbons (Fsp3) is 0.0417. The van der Waals surface area contributed by atoms with Crippen molar-refractivity contribution in [2.24, 2.45) is 0 Å². The molecule has 236 valence electrons. The van der Waals surface area contributed by atoms with E-state index >= 15 is 0 Å². The van der Waals surface area contributed by atoms with Crippen molar-refractivity contribution in [1.29, 1.82) is 0 Å². The van der Waals surface area contributed by atoms with E-state index < -0.39 is 0 Å². The van der Waals surface area contributed by atoms with E-state index in [0.29, 0.717) is 0 Å². The van der Waals surface area contributed by atoms with Crippen molar-refractivity contribution in [2.45, 2.75) is 12.3 Å². The number of benzene rings is 8. The number of hydrogen-bond acceptors (Lipinski definition) is 1. The van der Waals surface area contributed by atoms with E-state index in [-0.39, 0.29) is 5.41 Å². The van der Waals surface area contributed by atoms with Gasteiger partial charge in [-0.05, 0) is 94.7 Å². The van der Waals surface area contributed by atoms with Crippen LogP contribution in [0.25, 0.3) is 49.4 Å². The van der Waals surface area contributed by atoms with Gasteiger partial charge in [-0.3, -0.25) is 0 Å². The first-order valence-electron chi connectivity index (χ1n) is 17.4. The predicted molar refractivity (Wildman–Crippen MR) is 210 cm³/mol. The summed E-state index contributed by atoms with van der Waals surface area (Å²) in [6.45, 7) is 2.39. The van der Waals surface area contributed by atoms with Crippen LogP contribution in [0.1, 0.15) is 23.6 Å². The molecule has 0 N–H and O–H groups in total. The maximum absolute atomic E-state index is 2.45. The molecule has 50 heavy (non-hydrogen) atoms. The fourth-order valence-corrected chi connectivity index (χ4v) is 8.51. The zero-order valence-electron chi connectivity index (χ0n) is 27.8. The molecular weight excluding hydrogens is 605 g/mol. The van der Waals surface area contributed by atoms with E-state index in [9.17, 15) is 0 Å². The molecule has 0 bridgehead atoms. The number of para-hydroxylation sites is 2. The number of aromatic nitrogens is 1. The van der Waals surface area contributed by atoms with Gasteiger partial charge in [0.2, 0.25) is 0 Å². The highest BCUT2D eigenvalue weighted by molar-refractivity contribution is 6.11. The van der Waals surface area contributed by atoms with Crippen molar-refractivity contribution < 1.29 is 0 Å². The second-order valence-electron chi connectivity index (χ2n) is 13.5. The van der Waals surface area contributed by atoms with Crippen LogP contribution in [0.15, 0.2) is 188 Å². The van der Waals surface area contributed by atoms with Crippen LogP contribution in [0.3, 0.4) is 0 Å². The number of rotatable bonds is 5. The van der Waals surface area contributed by atoms with Crippen LogP contribution in [0.4, 0.5) is 17.1 Å². The van der Waals surface area contributed by atoms with Gasteiger partial charge in [0.05, 0.1) is 16.7 Å². The summed E-state index contributed by atoms with van der Waals surface area (Å²) in [6.07, 6.45) is 0. The number of nitrogens with zero attached hydrogens (tertiary/aromatic N) is 2. The normalized spacial score (nSPS) is 13.1. The van der Waals surface area contributed by atoms with Crippen LogP contribution in [-0.4, -0.2) is 4.57 Å². The summed E-state index contributed by atoms with van der Waals surface area (Å²) < 4.78 is 2.38. The van der Waals surface area contributed by atoms with Gasteiger partial charge in [-0.15, -0.1) is 0 Å². The lowest BCUT2D eigenvalue weighted by atomic mass is 9.74. The highest BCUT2D eigenvalue weighted by atomic mass is 15.1. The Bertz CT molecular complexity index is 2680. The van der Waals surface area contributed by atoms with Crippen LogP contribution in [0.2, 0.25) is 0 Å². The van der Waals surface area contributed by atoms with Crippen molar-refractivity contribution in [3.8, 4) is 16.8 Å². The molecular formula is C48H34N2. The third-order valence-corrected chi connectivity index (χ3v) is 10.8. The molecule has 2 heteroatoms. The van der Waals surface area contributed by atoms with E-state index in [4.69, 9.17) is 0 Å². The first-order valence-corrected chi connectivity index (χ1v) is 17.4. The molecule has 0 unspecified atom stereocenters. The average Bonchev–Trinajstić information content (AvgIpc) is 3.65. The van der Waals surface area contributed by atoms with Gasteiger partial charge in [0, 0.05) is 38.6 Å². The summed E-state index contributed by atoms with van der Waals surface area (Å²) >= 11 is 0. The highest BCUT2D eigenvalue weighted by Gasteiger charge is 2.40. The van der Waals surface area contributed by atoms with E-state index in [0.717, 1.165) is 22.7 Å². The standard InChI is InChI=1S/C48H34N2/c1-48(43-25-10-7-22-39(43)40-23-8-11-26-44(40)48)34-17-14-20-36(31-34)49(45-28-13-16-33-15-5-6-21-38(33)45)37-29-30-47-42(32-37)41-24-9-12-27-46(41)50(47)35-18-3-2-4-19-35/h2-32H,1H3.